The Morgan fingerprint density at radius 1 is 1.06 bits per heavy atom. The van der Waals surface area contributed by atoms with Gasteiger partial charge < -0.3 is 0 Å². The fourth-order valence-electron chi connectivity index (χ4n) is 2.62. The minimum Gasteiger partial charge on any atom is -0.272 e. The number of nitrogens with zero attached hydrogens (tertiary/aromatic N) is 1. The van der Waals surface area contributed by atoms with E-state index >= 15 is 0 Å². The van der Waals surface area contributed by atoms with Gasteiger partial charge in [-0.15, -0.1) is 0 Å². The fraction of sp³-hybridized carbons (Fsp3) is 0.429. The van der Waals surface area contributed by atoms with Crippen molar-refractivity contribution in [2.75, 3.05) is 0 Å². The molecule has 18 heavy (non-hydrogen) atoms. The van der Waals surface area contributed by atoms with Gasteiger partial charge in [0.1, 0.15) is 6.10 Å². The van der Waals surface area contributed by atoms with E-state index in [0.717, 1.165) is 29.9 Å². The first-order valence-electron chi connectivity index (χ1n) is 6.36. The van der Waals surface area contributed by atoms with Gasteiger partial charge in [0.25, 0.3) is 11.8 Å². The molecule has 0 saturated carbocycles. The summed E-state index contributed by atoms with van der Waals surface area (Å²) >= 11 is 0. The number of fused-ring (bicyclic) bond motifs is 1. The van der Waals surface area contributed by atoms with Crippen molar-refractivity contribution in [2.24, 2.45) is 0 Å². The number of carbonyl (C=O) groups excluding carboxylic acids is 2. The van der Waals surface area contributed by atoms with Crippen molar-refractivity contribution < 1.29 is 14.4 Å². The Morgan fingerprint density at radius 2 is 1.78 bits per heavy atom. The summed E-state index contributed by atoms with van der Waals surface area (Å²) in [6.07, 6.45) is 3.30. The summed E-state index contributed by atoms with van der Waals surface area (Å²) in [7, 11) is 0. The summed E-state index contributed by atoms with van der Waals surface area (Å²) in [5, 5.41) is 0.965. The second kappa shape index (κ2) is 4.53. The number of hydroxylamine groups is 2. The van der Waals surface area contributed by atoms with Gasteiger partial charge in [-0.25, -0.2) is 0 Å². The highest BCUT2D eigenvalue weighted by atomic mass is 16.7. The summed E-state index contributed by atoms with van der Waals surface area (Å²) in [6.45, 7) is 0. The van der Waals surface area contributed by atoms with Gasteiger partial charge in [-0.05, 0) is 30.4 Å². The van der Waals surface area contributed by atoms with Crippen LogP contribution in [0, 0.1) is 0 Å². The zero-order valence-corrected chi connectivity index (χ0v) is 10.1. The Bertz CT molecular complexity index is 482. The normalized spacial score (nSPS) is 23.3. The third kappa shape index (κ3) is 1.93. The van der Waals surface area contributed by atoms with Gasteiger partial charge in [0.15, 0.2) is 0 Å². The molecule has 4 nitrogen and oxygen atoms in total. The Labute approximate surface area is 105 Å². The molecule has 2 amide bonds. The topological polar surface area (TPSA) is 46.6 Å². The lowest BCUT2D eigenvalue weighted by Crippen LogP contribution is -2.32. The van der Waals surface area contributed by atoms with Gasteiger partial charge >= 0.3 is 0 Å². The minimum absolute atomic E-state index is 0.166. The van der Waals surface area contributed by atoms with Crippen LogP contribution in [0.2, 0.25) is 0 Å². The molecule has 4 heteroatoms. The fourth-order valence-corrected chi connectivity index (χ4v) is 2.62. The van der Waals surface area contributed by atoms with E-state index in [1.807, 2.05) is 18.2 Å². The predicted molar refractivity (Wildman–Crippen MR) is 64.3 cm³/mol. The molecule has 0 aromatic heterocycles. The molecule has 0 spiro atoms. The van der Waals surface area contributed by atoms with E-state index in [1.165, 1.54) is 5.56 Å². The lowest BCUT2D eigenvalue weighted by molar-refractivity contribution is -0.205. The monoisotopic (exact) mass is 245 g/mol. The molecule has 1 heterocycles. The van der Waals surface area contributed by atoms with Crippen molar-refractivity contribution in [1.82, 2.24) is 5.06 Å². The van der Waals surface area contributed by atoms with Crippen molar-refractivity contribution in [3.63, 3.8) is 0 Å². The quantitative estimate of drug-likeness (QED) is 0.750. The van der Waals surface area contributed by atoms with E-state index in [9.17, 15) is 9.59 Å². The largest absolute Gasteiger partial charge is 0.272 e. The molecule has 1 saturated heterocycles. The van der Waals surface area contributed by atoms with Gasteiger partial charge in [0.2, 0.25) is 0 Å². The zero-order chi connectivity index (χ0) is 12.5. The van der Waals surface area contributed by atoms with Crippen molar-refractivity contribution >= 4 is 11.8 Å². The first-order valence-corrected chi connectivity index (χ1v) is 6.36. The molecule has 1 aromatic carbocycles. The average Bonchev–Trinajstić information content (AvgIpc) is 2.71. The lowest BCUT2D eigenvalue weighted by Gasteiger charge is -2.27. The van der Waals surface area contributed by atoms with Gasteiger partial charge in [0.05, 0.1) is 0 Å². The molecular weight excluding hydrogens is 230 g/mol. The highest BCUT2D eigenvalue weighted by Gasteiger charge is 2.34. The highest BCUT2D eigenvalue weighted by Crippen LogP contribution is 2.34. The third-order valence-corrected chi connectivity index (χ3v) is 3.55. The number of aryl methyl sites for hydroxylation is 1. The van der Waals surface area contributed by atoms with Crippen LogP contribution in [0.1, 0.15) is 42.9 Å². The number of imide groups is 1. The van der Waals surface area contributed by atoms with E-state index in [-0.39, 0.29) is 30.8 Å². The first kappa shape index (κ1) is 11.4. The highest BCUT2D eigenvalue weighted by molar-refractivity contribution is 6.00. The smallest absolute Gasteiger partial charge is 0.254 e. The molecular formula is C14H15NO3. The van der Waals surface area contributed by atoms with Crippen LogP contribution in [0.4, 0.5) is 0 Å². The van der Waals surface area contributed by atoms with Gasteiger partial charge in [0, 0.05) is 12.8 Å². The molecule has 1 fully saturated rings. The maximum absolute atomic E-state index is 11.6. The molecule has 1 atom stereocenters. The summed E-state index contributed by atoms with van der Waals surface area (Å²) in [5.41, 5.74) is 2.36. The van der Waals surface area contributed by atoms with Crippen molar-refractivity contribution in [3.05, 3.63) is 35.4 Å². The summed E-state index contributed by atoms with van der Waals surface area (Å²) in [5.74, 6) is -0.439. The maximum atomic E-state index is 11.6. The molecule has 2 aliphatic rings. The Hall–Kier alpha value is -1.68. The van der Waals surface area contributed by atoms with Crippen molar-refractivity contribution in [1.29, 1.82) is 0 Å². The number of hydrogen-bond acceptors (Lipinski definition) is 3. The molecule has 0 bridgehead atoms. The number of hydrogen-bond donors (Lipinski definition) is 0. The van der Waals surface area contributed by atoms with E-state index in [2.05, 4.69) is 6.07 Å². The van der Waals surface area contributed by atoms with Gasteiger partial charge in [-0.1, -0.05) is 24.3 Å². The van der Waals surface area contributed by atoms with E-state index in [1.54, 1.807) is 0 Å². The van der Waals surface area contributed by atoms with E-state index in [4.69, 9.17) is 4.84 Å². The Kier molecular flexibility index (Phi) is 2.88. The molecule has 1 aromatic rings. The van der Waals surface area contributed by atoms with Crippen LogP contribution >= 0.6 is 0 Å². The Balaban J connectivity index is 1.82. The van der Waals surface area contributed by atoms with Gasteiger partial charge in [-0.2, -0.15) is 5.06 Å². The summed E-state index contributed by atoms with van der Waals surface area (Å²) in [6, 6.07) is 8.07. The number of benzene rings is 1. The number of rotatable bonds is 2. The van der Waals surface area contributed by atoms with Crippen LogP contribution in [-0.4, -0.2) is 16.9 Å². The number of carbonyl (C=O) groups is 2. The number of amides is 2. The van der Waals surface area contributed by atoms with Crippen molar-refractivity contribution in [3.8, 4) is 0 Å². The predicted octanol–water partition coefficient (Wildman–Crippen LogP) is 2.14. The maximum Gasteiger partial charge on any atom is 0.254 e. The second-order valence-corrected chi connectivity index (χ2v) is 4.77. The van der Waals surface area contributed by atoms with Crippen LogP contribution < -0.4 is 0 Å². The molecule has 94 valence electrons. The average molecular weight is 245 g/mol. The van der Waals surface area contributed by atoms with Crippen LogP contribution in [0.25, 0.3) is 0 Å². The van der Waals surface area contributed by atoms with Crippen LogP contribution in [0.5, 0.6) is 0 Å². The molecule has 0 N–H and O–H groups in total. The SMILES string of the molecule is O=C1CCC(=O)N1OC1CCCc2ccccc21. The molecule has 0 radical (unpaired) electrons. The van der Waals surface area contributed by atoms with E-state index < -0.39 is 0 Å². The molecule has 1 aliphatic heterocycles. The van der Waals surface area contributed by atoms with Crippen molar-refractivity contribution in [2.45, 2.75) is 38.2 Å². The molecule has 1 aliphatic carbocycles. The Morgan fingerprint density at radius 3 is 2.56 bits per heavy atom. The van der Waals surface area contributed by atoms with Crippen LogP contribution in [0.3, 0.4) is 0 Å². The summed E-state index contributed by atoms with van der Waals surface area (Å²) in [4.78, 5) is 28.7. The molecule has 1 unspecified atom stereocenters. The standard InChI is InChI=1S/C14H15NO3/c16-13-8-9-14(17)15(13)18-12-7-3-5-10-4-1-2-6-11(10)12/h1-2,4,6,12H,3,5,7-9H2. The minimum atomic E-state index is -0.219. The van der Waals surface area contributed by atoms with Gasteiger partial charge in [-0.3, -0.25) is 14.4 Å². The molecule has 3 rings (SSSR count). The zero-order valence-electron chi connectivity index (χ0n) is 10.1. The van der Waals surface area contributed by atoms with Crippen LogP contribution in [0.15, 0.2) is 24.3 Å². The first-order chi connectivity index (χ1) is 8.75. The van der Waals surface area contributed by atoms with Crippen LogP contribution in [-0.2, 0) is 20.8 Å². The third-order valence-electron chi connectivity index (χ3n) is 3.55. The summed E-state index contributed by atoms with van der Waals surface area (Å²) < 4.78 is 0. The van der Waals surface area contributed by atoms with E-state index in [0.29, 0.717) is 0 Å². The lowest BCUT2D eigenvalue weighted by atomic mass is 9.90. The second-order valence-electron chi connectivity index (χ2n) is 4.77.